The van der Waals surface area contributed by atoms with E-state index >= 15 is 0 Å². The Morgan fingerprint density at radius 2 is 1.71 bits per heavy atom. The van der Waals surface area contributed by atoms with Gasteiger partial charge in [0.05, 0.1) is 16.9 Å². The topological polar surface area (TPSA) is 72.6 Å². The summed E-state index contributed by atoms with van der Waals surface area (Å²) in [5, 5.41) is 0.342. The van der Waals surface area contributed by atoms with Gasteiger partial charge in [0.1, 0.15) is 4.90 Å². The van der Waals surface area contributed by atoms with E-state index in [4.69, 9.17) is 22.1 Å². The Kier molecular flexibility index (Phi) is 4.04. The zero-order valence-electron chi connectivity index (χ0n) is 12.7. The number of ether oxygens (including phenoxy) is 1. The average Bonchev–Trinajstić information content (AvgIpc) is 2.28. The second kappa shape index (κ2) is 5.12. The molecule has 7 heteroatoms. The molecule has 0 amide bonds. The van der Waals surface area contributed by atoms with Gasteiger partial charge in [-0.1, -0.05) is 11.6 Å². The standard InChI is InChI=1S/C14H21ClN2O3S/c1-13(2)8-17(9-14(3,4)20-13)21(18,19)12-7-10(15)5-6-11(12)16/h5-7H,8-9,16H2,1-4H3. The fourth-order valence-corrected chi connectivity index (χ4v) is 4.88. The molecule has 0 radical (unpaired) electrons. The second-order valence-electron chi connectivity index (χ2n) is 6.58. The molecule has 2 N–H and O–H groups in total. The Morgan fingerprint density at radius 1 is 1.19 bits per heavy atom. The molecule has 1 aromatic carbocycles. The summed E-state index contributed by atoms with van der Waals surface area (Å²) < 4.78 is 33.1. The molecule has 0 saturated carbocycles. The summed E-state index contributed by atoms with van der Waals surface area (Å²) >= 11 is 5.91. The number of rotatable bonds is 2. The molecule has 0 aliphatic carbocycles. The summed E-state index contributed by atoms with van der Waals surface area (Å²) in [5.74, 6) is 0. The third-order valence-electron chi connectivity index (χ3n) is 3.26. The monoisotopic (exact) mass is 332 g/mol. The van der Waals surface area contributed by atoms with Crippen molar-refractivity contribution in [3.05, 3.63) is 23.2 Å². The molecule has 0 atom stereocenters. The van der Waals surface area contributed by atoms with Crippen molar-refractivity contribution in [2.75, 3.05) is 18.8 Å². The van der Waals surface area contributed by atoms with Gasteiger partial charge in [0.2, 0.25) is 10.0 Å². The van der Waals surface area contributed by atoms with E-state index < -0.39 is 21.2 Å². The number of morpholine rings is 1. The van der Waals surface area contributed by atoms with Crippen LogP contribution in [0.4, 0.5) is 5.69 Å². The predicted octanol–water partition coefficient (Wildman–Crippen LogP) is 2.50. The molecule has 1 aliphatic rings. The quantitative estimate of drug-likeness (QED) is 0.844. The van der Waals surface area contributed by atoms with E-state index in [1.54, 1.807) is 6.07 Å². The van der Waals surface area contributed by atoms with E-state index in [2.05, 4.69) is 0 Å². The number of nitrogens with two attached hydrogens (primary N) is 1. The highest BCUT2D eigenvalue weighted by Crippen LogP contribution is 2.33. The van der Waals surface area contributed by atoms with Gasteiger partial charge in [-0.2, -0.15) is 4.31 Å². The summed E-state index contributed by atoms with van der Waals surface area (Å²) in [5.41, 5.74) is 4.88. The maximum absolute atomic E-state index is 12.9. The Morgan fingerprint density at radius 3 is 2.24 bits per heavy atom. The fourth-order valence-electron chi connectivity index (χ4n) is 2.76. The van der Waals surface area contributed by atoms with Crippen molar-refractivity contribution in [3.8, 4) is 0 Å². The van der Waals surface area contributed by atoms with Crippen LogP contribution in [0.3, 0.4) is 0 Å². The van der Waals surface area contributed by atoms with E-state index in [1.165, 1.54) is 16.4 Å². The Balaban J connectivity index is 2.46. The number of hydrogen-bond acceptors (Lipinski definition) is 4. The second-order valence-corrected chi connectivity index (χ2v) is 8.92. The summed E-state index contributed by atoms with van der Waals surface area (Å²) in [4.78, 5) is 0.0449. The van der Waals surface area contributed by atoms with Gasteiger partial charge in [0.15, 0.2) is 0 Å². The number of hydrogen-bond donors (Lipinski definition) is 1. The van der Waals surface area contributed by atoms with Gasteiger partial charge in [-0.15, -0.1) is 0 Å². The van der Waals surface area contributed by atoms with Crippen molar-refractivity contribution >= 4 is 27.3 Å². The molecule has 21 heavy (non-hydrogen) atoms. The highest BCUT2D eigenvalue weighted by atomic mass is 35.5. The summed E-state index contributed by atoms with van der Waals surface area (Å²) in [6, 6.07) is 4.47. The van der Waals surface area contributed by atoms with Crippen molar-refractivity contribution in [2.24, 2.45) is 0 Å². The lowest BCUT2D eigenvalue weighted by atomic mass is 10.0. The number of nitrogen functional groups attached to an aromatic ring is 1. The van der Waals surface area contributed by atoms with E-state index in [0.29, 0.717) is 5.02 Å². The minimum atomic E-state index is -3.71. The van der Waals surface area contributed by atoms with E-state index in [9.17, 15) is 8.42 Å². The molecule has 0 spiro atoms. The van der Waals surface area contributed by atoms with Gasteiger partial charge >= 0.3 is 0 Å². The zero-order chi connectivity index (χ0) is 16.1. The van der Waals surface area contributed by atoms with Gasteiger partial charge in [-0.25, -0.2) is 8.42 Å². The van der Waals surface area contributed by atoms with Crippen molar-refractivity contribution in [1.82, 2.24) is 4.31 Å². The molecule has 1 saturated heterocycles. The fraction of sp³-hybridized carbons (Fsp3) is 0.571. The lowest BCUT2D eigenvalue weighted by molar-refractivity contribution is -0.163. The average molecular weight is 333 g/mol. The smallest absolute Gasteiger partial charge is 0.245 e. The Bertz CT molecular complexity index is 640. The molecule has 118 valence electrons. The third-order valence-corrected chi connectivity index (χ3v) is 5.34. The van der Waals surface area contributed by atoms with Crippen molar-refractivity contribution in [3.63, 3.8) is 0 Å². The molecule has 2 rings (SSSR count). The Hall–Kier alpha value is -0.820. The van der Waals surface area contributed by atoms with Gasteiger partial charge in [-0.3, -0.25) is 0 Å². The number of nitrogens with zero attached hydrogens (tertiary/aromatic N) is 1. The predicted molar refractivity (Wildman–Crippen MR) is 83.9 cm³/mol. The van der Waals surface area contributed by atoms with E-state index in [1.807, 2.05) is 27.7 Å². The van der Waals surface area contributed by atoms with Gasteiger partial charge in [0, 0.05) is 18.1 Å². The molecular formula is C14H21ClN2O3S. The SMILES string of the molecule is CC1(C)CN(S(=O)(=O)c2cc(Cl)ccc2N)CC(C)(C)O1. The number of sulfonamides is 1. The lowest BCUT2D eigenvalue weighted by Crippen LogP contribution is -2.58. The first kappa shape index (κ1) is 16.5. The van der Waals surface area contributed by atoms with Gasteiger partial charge in [-0.05, 0) is 45.9 Å². The highest BCUT2D eigenvalue weighted by Gasteiger charge is 2.43. The van der Waals surface area contributed by atoms with Crippen molar-refractivity contribution in [1.29, 1.82) is 0 Å². The van der Waals surface area contributed by atoms with Crippen LogP contribution in [0.1, 0.15) is 27.7 Å². The van der Waals surface area contributed by atoms with Crippen LogP contribution in [0.15, 0.2) is 23.1 Å². The van der Waals surface area contributed by atoms with Crippen LogP contribution in [-0.4, -0.2) is 37.0 Å². The number of anilines is 1. The van der Waals surface area contributed by atoms with E-state index in [-0.39, 0.29) is 23.7 Å². The first-order valence-corrected chi connectivity index (χ1v) is 8.50. The van der Waals surface area contributed by atoms with Crippen LogP contribution < -0.4 is 5.73 Å². The molecule has 5 nitrogen and oxygen atoms in total. The number of halogens is 1. The van der Waals surface area contributed by atoms with Crippen LogP contribution >= 0.6 is 11.6 Å². The lowest BCUT2D eigenvalue weighted by Gasteiger charge is -2.46. The van der Waals surface area contributed by atoms with Crippen molar-refractivity contribution in [2.45, 2.75) is 43.8 Å². The molecule has 0 bridgehead atoms. The van der Waals surface area contributed by atoms with Crippen LogP contribution in [-0.2, 0) is 14.8 Å². The molecular weight excluding hydrogens is 312 g/mol. The maximum Gasteiger partial charge on any atom is 0.245 e. The highest BCUT2D eigenvalue weighted by molar-refractivity contribution is 7.89. The van der Waals surface area contributed by atoms with Gasteiger partial charge in [0.25, 0.3) is 0 Å². The summed E-state index contributed by atoms with van der Waals surface area (Å²) in [6.07, 6.45) is 0. The van der Waals surface area contributed by atoms with Crippen LogP contribution in [0, 0.1) is 0 Å². The van der Waals surface area contributed by atoms with Crippen LogP contribution in [0.5, 0.6) is 0 Å². The minimum absolute atomic E-state index is 0.0449. The minimum Gasteiger partial charge on any atom is -0.398 e. The van der Waals surface area contributed by atoms with Crippen molar-refractivity contribution < 1.29 is 13.2 Å². The third kappa shape index (κ3) is 3.51. The molecule has 0 unspecified atom stereocenters. The molecule has 1 heterocycles. The van der Waals surface area contributed by atoms with Crippen LogP contribution in [0.2, 0.25) is 5.02 Å². The Labute approximate surface area is 131 Å². The molecule has 1 aliphatic heterocycles. The normalized spacial score (nSPS) is 22.1. The molecule has 1 fully saturated rings. The van der Waals surface area contributed by atoms with E-state index in [0.717, 1.165) is 0 Å². The summed E-state index contributed by atoms with van der Waals surface area (Å²) in [7, 11) is -3.71. The zero-order valence-corrected chi connectivity index (χ0v) is 14.3. The molecule has 0 aromatic heterocycles. The number of benzene rings is 1. The largest absolute Gasteiger partial charge is 0.398 e. The first-order valence-electron chi connectivity index (χ1n) is 6.68. The maximum atomic E-state index is 12.9. The summed E-state index contributed by atoms with van der Waals surface area (Å²) in [6.45, 7) is 8.03. The van der Waals surface area contributed by atoms with Crippen LogP contribution in [0.25, 0.3) is 0 Å². The van der Waals surface area contributed by atoms with Gasteiger partial charge < -0.3 is 10.5 Å². The molecule has 1 aromatic rings. The first-order chi connectivity index (χ1) is 9.43.